The molecule has 1 saturated heterocycles. The topological polar surface area (TPSA) is 50.2 Å². The number of nitrogens with one attached hydrogen (secondary N) is 1. The van der Waals surface area contributed by atoms with Crippen LogP contribution in [0.2, 0.25) is 0 Å². The van der Waals surface area contributed by atoms with Gasteiger partial charge < -0.3 is 10.2 Å². The van der Waals surface area contributed by atoms with Gasteiger partial charge >= 0.3 is 0 Å². The quantitative estimate of drug-likeness (QED) is 0.886. The Morgan fingerprint density at radius 3 is 2.92 bits per heavy atom. The van der Waals surface area contributed by atoms with Crippen molar-refractivity contribution in [2.24, 2.45) is 13.0 Å². The van der Waals surface area contributed by atoms with Crippen molar-refractivity contribution in [1.29, 1.82) is 0 Å². The summed E-state index contributed by atoms with van der Waals surface area (Å²) in [7, 11) is 1.91. The molecule has 1 aliphatic heterocycles. The highest BCUT2D eigenvalue weighted by Crippen LogP contribution is 2.26. The average molecular weight is 326 g/mol. The second-order valence-electron chi connectivity index (χ2n) is 6.64. The number of nitrogens with zero attached hydrogens (tertiary/aromatic N) is 3. The normalized spacial score (nSPS) is 17.2. The maximum Gasteiger partial charge on any atom is 0.220 e. The van der Waals surface area contributed by atoms with E-state index in [1.54, 1.807) is 6.20 Å². The summed E-state index contributed by atoms with van der Waals surface area (Å²) in [5.41, 5.74) is 3.73. The van der Waals surface area contributed by atoms with Crippen LogP contribution in [0.25, 0.3) is 0 Å². The first kappa shape index (κ1) is 16.6. The largest absolute Gasteiger partial charge is 0.371 e. The smallest absolute Gasteiger partial charge is 0.220 e. The fourth-order valence-electron chi connectivity index (χ4n) is 3.37. The number of hydrogen-bond donors (Lipinski definition) is 1. The van der Waals surface area contributed by atoms with E-state index in [-0.39, 0.29) is 5.91 Å². The molecule has 1 aromatic carbocycles. The van der Waals surface area contributed by atoms with Gasteiger partial charge in [-0.1, -0.05) is 18.2 Å². The van der Waals surface area contributed by atoms with E-state index in [9.17, 15) is 4.79 Å². The lowest BCUT2D eigenvalue weighted by atomic mass is 10.1. The van der Waals surface area contributed by atoms with Crippen LogP contribution in [0, 0.1) is 12.8 Å². The van der Waals surface area contributed by atoms with Crippen LogP contribution in [0.3, 0.4) is 0 Å². The van der Waals surface area contributed by atoms with Gasteiger partial charge in [-0.15, -0.1) is 0 Å². The lowest BCUT2D eigenvalue weighted by Gasteiger charge is -2.21. The van der Waals surface area contributed by atoms with Crippen molar-refractivity contribution in [3.05, 3.63) is 47.8 Å². The number of benzene rings is 1. The molecule has 2 heterocycles. The van der Waals surface area contributed by atoms with Gasteiger partial charge in [0.25, 0.3) is 0 Å². The Kier molecular flexibility index (Phi) is 5.18. The van der Waals surface area contributed by atoms with Crippen LogP contribution in [-0.4, -0.2) is 35.3 Å². The fraction of sp³-hybridized carbons (Fsp3) is 0.474. The minimum atomic E-state index is 0.130. The molecule has 1 N–H and O–H groups in total. The number of carbonyl (C=O) groups excluding carboxylic acids is 1. The summed E-state index contributed by atoms with van der Waals surface area (Å²) in [5.74, 6) is 0.663. The summed E-state index contributed by atoms with van der Waals surface area (Å²) in [6, 6.07) is 10.5. The van der Waals surface area contributed by atoms with E-state index < -0.39 is 0 Å². The van der Waals surface area contributed by atoms with E-state index in [0.29, 0.717) is 12.3 Å². The van der Waals surface area contributed by atoms with E-state index in [0.717, 1.165) is 38.2 Å². The third kappa shape index (κ3) is 3.96. The molecule has 5 nitrogen and oxygen atoms in total. The van der Waals surface area contributed by atoms with Gasteiger partial charge in [0.15, 0.2) is 0 Å². The number of amides is 1. The van der Waals surface area contributed by atoms with Gasteiger partial charge in [0.05, 0.1) is 0 Å². The summed E-state index contributed by atoms with van der Waals surface area (Å²) in [4.78, 5) is 14.5. The second kappa shape index (κ2) is 7.51. The summed E-state index contributed by atoms with van der Waals surface area (Å²) in [6.07, 6.45) is 4.17. The SMILES string of the molecule is Cc1ccccc1N1CC[C@@H](CNC(=O)CCc2ccnn2C)C1. The Balaban J connectivity index is 1.42. The molecule has 0 spiro atoms. The number of aromatic nitrogens is 2. The monoisotopic (exact) mass is 326 g/mol. The zero-order chi connectivity index (χ0) is 16.9. The van der Waals surface area contributed by atoms with Crippen molar-refractivity contribution in [3.63, 3.8) is 0 Å². The van der Waals surface area contributed by atoms with Crippen LogP contribution in [0.15, 0.2) is 36.5 Å². The van der Waals surface area contributed by atoms with Gasteiger partial charge in [0.1, 0.15) is 0 Å². The number of aryl methyl sites for hydroxylation is 3. The van der Waals surface area contributed by atoms with E-state index >= 15 is 0 Å². The first-order valence-electron chi connectivity index (χ1n) is 8.67. The standard InChI is InChI=1S/C19H26N4O/c1-15-5-3-4-6-18(15)23-12-10-16(14-23)13-20-19(24)8-7-17-9-11-21-22(17)2/h3-6,9,11,16H,7-8,10,12-14H2,1-2H3,(H,20,24)/t16-/m0/s1. The van der Waals surface area contributed by atoms with Crippen molar-refractivity contribution >= 4 is 11.6 Å². The molecule has 1 atom stereocenters. The maximum atomic E-state index is 12.1. The van der Waals surface area contributed by atoms with Gasteiger partial charge in [-0.3, -0.25) is 9.48 Å². The Morgan fingerprint density at radius 2 is 2.17 bits per heavy atom. The predicted molar refractivity (Wildman–Crippen MR) is 96.0 cm³/mol. The molecule has 5 heteroatoms. The van der Waals surface area contributed by atoms with E-state index in [1.165, 1.54) is 11.3 Å². The molecular formula is C19H26N4O. The molecule has 0 unspecified atom stereocenters. The maximum absolute atomic E-state index is 12.1. The van der Waals surface area contributed by atoms with Gasteiger partial charge in [0, 0.05) is 50.7 Å². The van der Waals surface area contributed by atoms with Gasteiger partial charge in [-0.2, -0.15) is 5.10 Å². The molecule has 0 radical (unpaired) electrons. The molecule has 0 bridgehead atoms. The highest BCUT2D eigenvalue weighted by Gasteiger charge is 2.23. The van der Waals surface area contributed by atoms with E-state index in [2.05, 4.69) is 46.5 Å². The third-order valence-corrected chi connectivity index (χ3v) is 4.86. The number of hydrogen-bond acceptors (Lipinski definition) is 3. The molecule has 128 valence electrons. The highest BCUT2D eigenvalue weighted by molar-refractivity contribution is 5.76. The van der Waals surface area contributed by atoms with Crippen molar-refractivity contribution in [1.82, 2.24) is 15.1 Å². The molecule has 1 aliphatic rings. The summed E-state index contributed by atoms with van der Waals surface area (Å²) < 4.78 is 1.82. The minimum Gasteiger partial charge on any atom is -0.371 e. The third-order valence-electron chi connectivity index (χ3n) is 4.86. The summed E-state index contributed by atoms with van der Waals surface area (Å²) in [6.45, 7) is 5.02. The molecule has 2 aromatic rings. The van der Waals surface area contributed by atoms with Crippen LogP contribution < -0.4 is 10.2 Å². The molecular weight excluding hydrogens is 300 g/mol. The highest BCUT2D eigenvalue weighted by atomic mass is 16.1. The molecule has 24 heavy (non-hydrogen) atoms. The summed E-state index contributed by atoms with van der Waals surface area (Å²) >= 11 is 0. The van der Waals surface area contributed by atoms with Crippen molar-refractivity contribution in [2.45, 2.75) is 26.2 Å². The van der Waals surface area contributed by atoms with Crippen LogP contribution in [0.1, 0.15) is 24.1 Å². The van der Waals surface area contributed by atoms with Crippen LogP contribution in [-0.2, 0) is 18.3 Å². The Hall–Kier alpha value is -2.30. The van der Waals surface area contributed by atoms with E-state index in [1.807, 2.05) is 17.8 Å². The van der Waals surface area contributed by atoms with Crippen molar-refractivity contribution < 1.29 is 4.79 Å². The zero-order valence-corrected chi connectivity index (χ0v) is 14.5. The molecule has 1 aromatic heterocycles. The zero-order valence-electron chi connectivity index (χ0n) is 14.5. The Bertz CT molecular complexity index is 694. The van der Waals surface area contributed by atoms with Gasteiger partial charge in [-0.25, -0.2) is 0 Å². The lowest BCUT2D eigenvalue weighted by Crippen LogP contribution is -2.31. The predicted octanol–water partition coefficient (Wildman–Crippen LogP) is 2.30. The van der Waals surface area contributed by atoms with Crippen molar-refractivity contribution in [2.75, 3.05) is 24.5 Å². The second-order valence-corrected chi connectivity index (χ2v) is 6.64. The van der Waals surface area contributed by atoms with Crippen LogP contribution >= 0.6 is 0 Å². The lowest BCUT2D eigenvalue weighted by molar-refractivity contribution is -0.121. The first-order valence-corrected chi connectivity index (χ1v) is 8.67. The average Bonchev–Trinajstić information content (AvgIpc) is 3.20. The molecule has 0 saturated carbocycles. The minimum absolute atomic E-state index is 0.130. The first-order chi connectivity index (χ1) is 11.6. The Morgan fingerprint density at radius 1 is 1.33 bits per heavy atom. The number of carbonyl (C=O) groups is 1. The number of rotatable bonds is 6. The van der Waals surface area contributed by atoms with Crippen molar-refractivity contribution in [3.8, 4) is 0 Å². The fourth-order valence-corrected chi connectivity index (χ4v) is 3.37. The molecule has 0 aliphatic carbocycles. The van der Waals surface area contributed by atoms with Gasteiger partial charge in [0.2, 0.25) is 5.91 Å². The van der Waals surface area contributed by atoms with Crippen LogP contribution in [0.4, 0.5) is 5.69 Å². The summed E-state index contributed by atoms with van der Waals surface area (Å²) in [5, 5.41) is 7.23. The van der Waals surface area contributed by atoms with E-state index in [4.69, 9.17) is 0 Å². The number of anilines is 1. The van der Waals surface area contributed by atoms with Crippen LogP contribution in [0.5, 0.6) is 0 Å². The number of para-hydroxylation sites is 1. The Labute approximate surface area is 143 Å². The van der Waals surface area contributed by atoms with Gasteiger partial charge in [-0.05, 0) is 43.4 Å². The molecule has 1 fully saturated rings. The molecule has 1 amide bonds. The molecule has 3 rings (SSSR count).